The quantitative estimate of drug-likeness (QED) is 0.170. The van der Waals surface area contributed by atoms with Gasteiger partial charge in [-0.1, -0.05) is 41.8 Å². The van der Waals surface area contributed by atoms with E-state index in [9.17, 15) is 9.59 Å². The van der Waals surface area contributed by atoms with E-state index in [2.05, 4.69) is 5.32 Å². The molecule has 3 N–H and O–H groups in total. The lowest BCUT2D eigenvalue weighted by Gasteiger charge is -2.41. The first-order valence-electron chi connectivity index (χ1n) is 16.0. The highest BCUT2D eigenvalue weighted by molar-refractivity contribution is 6.34. The second kappa shape index (κ2) is 14.2. The van der Waals surface area contributed by atoms with Crippen LogP contribution in [0.25, 0.3) is 28.1 Å². The molecule has 6 rings (SSSR count). The number of methoxy groups -OCH3 is 1. The van der Waals surface area contributed by atoms with Gasteiger partial charge in [-0.3, -0.25) is 9.59 Å². The second-order valence-corrected chi connectivity index (χ2v) is 13.5. The standard InChI is InChI=1S/C36H39Cl2N5O5/c1-36(2)21-47-13-12-42(36)35(45)33-29-20-48-31-19-30(46-3)27(22-8-7-9-25(14-22)40-32(44)10-5-4-6-11-39)18-28(31)34(29)43(41-33)26-16-23(37)15-24(38)17-26/h7-9,14-19H,4-6,10-13,20-21,39H2,1-3H3,(H,40,44). The molecule has 0 aliphatic carbocycles. The molecule has 1 aromatic heterocycles. The van der Waals surface area contributed by atoms with Gasteiger partial charge >= 0.3 is 0 Å². The normalized spacial score (nSPS) is 14.9. The monoisotopic (exact) mass is 691 g/mol. The molecule has 1 saturated heterocycles. The van der Waals surface area contributed by atoms with Crippen LogP contribution in [0.2, 0.25) is 10.0 Å². The summed E-state index contributed by atoms with van der Waals surface area (Å²) < 4.78 is 19.5. The van der Waals surface area contributed by atoms with E-state index in [1.807, 2.05) is 50.2 Å². The van der Waals surface area contributed by atoms with E-state index < -0.39 is 5.54 Å². The van der Waals surface area contributed by atoms with Crippen LogP contribution in [0.5, 0.6) is 11.5 Å². The average molecular weight is 693 g/mol. The van der Waals surface area contributed by atoms with Crippen molar-refractivity contribution in [2.75, 3.05) is 38.7 Å². The number of nitrogens with one attached hydrogen (secondary N) is 1. The maximum Gasteiger partial charge on any atom is 0.275 e. The number of unbranched alkanes of at least 4 members (excludes halogenated alkanes) is 2. The van der Waals surface area contributed by atoms with Gasteiger partial charge in [-0.15, -0.1) is 0 Å². The minimum absolute atomic E-state index is 0.0515. The number of halogens is 2. The third-order valence-electron chi connectivity index (χ3n) is 8.66. The first kappa shape index (κ1) is 33.8. The van der Waals surface area contributed by atoms with Crippen molar-refractivity contribution in [1.29, 1.82) is 0 Å². The van der Waals surface area contributed by atoms with Crippen LogP contribution >= 0.6 is 23.2 Å². The smallest absolute Gasteiger partial charge is 0.275 e. The minimum Gasteiger partial charge on any atom is -0.496 e. The molecule has 4 aromatic rings. The van der Waals surface area contributed by atoms with Gasteiger partial charge < -0.3 is 30.2 Å². The summed E-state index contributed by atoms with van der Waals surface area (Å²) in [7, 11) is 1.60. The number of benzene rings is 3. The fourth-order valence-corrected chi connectivity index (χ4v) is 6.77. The number of hydrogen-bond donors (Lipinski definition) is 2. The third kappa shape index (κ3) is 6.89. The summed E-state index contributed by atoms with van der Waals surface area (Å²) >= 11 is 12.9. The molecule has 252 valence electrons. The van der Waals surface area contributed by atoms with Gasteiger partial charge in [0.2, 0.25) is 5.91 Å². The summed E-state index contributed by atoms with van der Waals surface area (Å²) in [6.07, 6.45) is 3.02. The molecule has 0 saturated carbocycles. The molecule has 48 heavy (non-hydrogen) atoms. The fourth-order valence-electron chi connectivity index (χ4n) is 6.25. The lowest BCUT2D eigenvalue weighted by molar-refractivity contribution is -0.116. The molecule has 12 heteroatoms. The highest BCUT2D eigenvalue weighted by Gasteiger charge is 2.39. The van der Waals surface area contributed by atoms with E-state index >= 15 is 0 Å². The van der Waals surface area contributed by atoms with Crippen molar-refractivity contribution in [2.24, 2.45) is 5.73 Å². The Balaban J connectivity index is 1.45. The summed E-state index contributed by atoms with van der Waals surface area (Å²) in [6.45, 7) is 6.00. The lowest BCUT2D eigenvalue weighted by atomic mass is 9.95. The van der Waals surface area contributed by atoms with Gasteiger partial charge in [-0.05, 0) is 75.2 Å². The molecule has 3 heterocycles. The Morgan fingerprint density at radius 2 is 1.83 bits per heavy atom. The Bertz CT molecular complexity index is 1840. The zero-order chi connectivity index (χ0) is 34.0. The van der Waals surface area contributed by atoms with Crippen molar-refractivity contribution in [3.05, 3.63) is 75.9 Å². The van der Waals surface area contributed by atoms with E-state index in [0.717, 1.165) is 30.4 Å². The summed E-state index contributed by atoms with van der Waals surface area (Å²) in [6, 6.07) is 16.6. The highest BCUT2D eigenvalue weighted by Crippen LogP contribution is 2.47. The van der Waals surface area contributed by atoms with E-state index in [0.29, 0.717) is 82.5 Å². The number of ether oxygens (including phenoxy) is 3. The molecule has 2 aliphatic rings. The number of hydrogen-bond acceptors (Lipinski definition) is 7. The van der Waals surface area contributed by atoms with Crippen LogP contribution < -0.4 is 20.5 Å². The molecule has 0 atom stereocenters. The number of amides is 2. The fraction of sp³-hybridized carbons (Fsp3) is 0.361. The summed E-state index contributed by atoms with van der Waals surface area (Å²) in [5.74, 6) is 0.902. The zero-order valence-corrected chi connectivity index (χ0v) is 28.8. The van der Waals surface area contributed by atoms with Gasteiger partial charge in [0.05, 0.1) is 37.2 Å². The SMILES string of the molecule is COc1cc2c(cc1-c1cccc(NC(=O)CCCCCN)c1)-c1c(c(C(=O)N3CCOCC3(C)C)nn1-c1cc(Cl)cc(Cl)c1)CO2. The largest absolute Gasteiger partial charge is 0.496 e. The van der Waals surface area contributed by atoms with Crippen LogP contribution in [-0.2, 0) is 16.1 Å². The highest BCUT2D eigenvalue weighted by atomic mass is 35.5. The molecule has 10 nitrogen and oxygen atoms in total. The summed E-state index contributed by atoms with van der Waals surface area (Å²) in [5.41, 5.74) is 10.3. The van der Waals surface area contributed by atoms with Gasteiger partial charge in [0.25, 0.3) is 5.91 Å². The Morgan fingerprint density at radius 3 is 2.56 bits per heavy atom. The first-order chi connectivity index (χ1) is 23.1. The van der Waals surface area contributed by atoms with Crippen LogP contribution in [0.1, 0.15) is 55.6 Å². The third-order valence-corrected chi connectivity index (χ3v) is 9.10. The Labute approximate surface area is 290 Å². The average Bonchev–Trinajstić information content (AvgIpc) is 3.46. The van der Waals surface area contributed by atoms with E-state index in [1.54, 1.807) is 34.9 Å². The number of fused-ring (bicyclic) bond motifs is 3. The molecule has 0 spiro atoms. The van der Waals surface area contributed by atoms with Crippen molar-refractivity contribution in [1.82, 2.24) is 14.7 Å². The number of carbonyl (C=O) groups excluding carboxylic acids is 2. The van der Waals surface area contributed by atoms with E-state index in [-0.39, 0.29) is 24.1 Å². The summed E-state index contributed by atoms with van der Waals surface area (Å²) in [5, 5.41) is 8.80. The first-order valence-corrected chi connectivity index (χ1v) is 16.8. The zero-order valence-electron chi connectivity index (χ0n) is 27.3. The molecule has 2 aliphatic heterocycles. The van der Waals surface area contributed by atoms with Crippen molar-refractivity contribution in [3.8, 4) is 39.6 Å². The number of rotatable bonds is 10. The number of anilines is 1. The molecule has 0 radical (unpaired) electrons. The number of morpholine rings is 1. The van der Waals surface area contributed by atoms with Crippen molar-refractivity contribution in [2.45, 2.75) is 51.7 Å². The number of nitrogens with zero attached hydrogens (tertiary/aromatic N) is 3. The van der Waals surface area contributed by atoms with Crippen molar-refractivity contribution in [3.63, 3.8) is 0 Å². The topological polar surface area (TPSA) is 121 Å². The Hall–Kier alpha value is -4.09. The predicted molar refractivity (Wildman–Crippen MR) is 187 cm³/mol. The molecule has 3 aromatic carbocycles. The van der Waals surface area contributed by atoms with Crippen LogP contribution in [0.4, 0.5) is 5.69 Å². The number of carbonyl (C=O) groups is 2. The molecule has 0 bridgehead atoms. The van der Waals surface area contributed by atoms with E-state index in [4.69, 9.17) is 48.2 Å². The van der Waals surface area contributed by atoms with Crippen LogP contribution in [0.3, 0.4) is 0 Å². The number of nitrogens with two attached hydrogens (primary N) is 1. The van der Waals surface area contributed by atoms with E-state index in [1.165, 1.54) is 0 Å². The van der Waals surface area contributed by atoms with Crippen LogP contribution in [0, 0.1) is 0 Å². The van der Waals surface area contributed by atoms with Gasteiger partial charge in [0.15, 0.2) is 5.69 Å². The number of aromatic nitrogens is 2. The van der Waals surface area contributed by atoms with Gasteiger partial charge in [0.1, 0.15) is 18.1 Å². The Morgan fingerprint density at radius 1 is 1.04 bits per heavy atom. The maximum atomic E-state index is 14.2. The predicted octanol–water partition coefficient (Wildman–Crippen LogP) is 7.12. The Kier molecular flexibility index (Phi) is 9.98. The van der Waals surface area contributed by atoms with Crippen molar-refractivity contribution < 1.29 is 23.8 Å². The lowest BCUT2D eigenvalue weighted by Crippen LogP contribution is -2.55. The summed E-state index contributed by atoms with van der Waals surface area (Å²) in [4.78, 5) is 28.7. The molecule has 2 amide bonds. The molecular formula is C36H39Cl2N5O5. The maximum absolute atomic E-state index is 14.2. The minimum atomic E-state index is -0.524. The van der Waals surface area contributed by atoms with Crippen LogP contribution in [0.15, 0.2) is 54.6 Å². The molecule has 1 fully saturated rings. The van der Waals surface area contributed by atoms with Crippen molar-refractivity contribution >= 4 is 40.7 Å². The molecule has 0 unspecified atom stereocenters. The van der Waals surface area contributed by atoms with Gasteiger partial charge in [0, 0.05) is 51.5 Å². The van der Waals surface area contributed by atoms with Gasteiger partial charge in [-0.2, -0.15) is 5.10 Å². The molecular weight excluding hydrogens is 653 g/mol. The second-order valence-electron chi connectivity index (χ2n) is 12.6. The van der Waals surface area contributed by atoms with Gasteiger partial charge in [-0.25, -0.2) is 4.68 Å². The van der Waals surface area contributed by atoms with Crippen LogP contribution in [-0.4, -0.2) is 65.4 Å².